The highest BCUT2D eigenvalue weighted by molar-refractivity contribution is 7.11. The van der Waals surface area contributed by atoms with Crippen molar-refractivity contribution in [1.29, 1.82) is 0 Å². The Morgan fingerprint density at radius 1 is 1.40 bits per heavy atom. The minimum Gasteiger partial charge on any atom is -0.391 e. The zero-order valence-corrected chi connectivity index (χ0v) is 6.48. The number of rotatable bonds is 2. The van der Waals surface area contributed by atoms with E-state index in [9.17, 15) is 0 Å². The van der Waals surface area contributed by atoms with Crippen LogP contribution in [0.25, 0.3) is 0 Å². The molecular formula is C6H9NO2S. The number of aryl methyl sites for hydroxylation is 1. The number of hydrogen-bond donors (Lipinski definition) is 2. The van der Waals surface area contributed by atoms with Crippen LogP contribution in [0.15, 0.2) is 0 Å². The molecule has 0 unspecified atom stereocenters. The van der Waals surface area contributed by atoms with Crippen molar-refractivity contribution in [3.8, 4) is 0 Å². The summed E-state index contributed by atoms with van der Waals surface area (Å²) in [4.78, 5) is 4.77. The number of aromatic nitrogens is 1. The van der Waals surface area contributed by atoms with Gasteiger partial charge in [0.05, 0.1) is 28.8 Å². The minimum absolute atomic E-state index is 0.0264. The number of thiazole rings is 1. The molecule has 1 heterocycles. The zero-order chi connectivity index (χ0) is 7.56. The molecule has 3 nitrogen and oxygen atoms in total. The molecule has 4 heteroatoms. The second-order valence-corrected chi connectivity index (χ2v) is 3.21. The lowest BCUT2D eigenvalue weighted by Crippen LogP contribution is -1.89. The van der Waals surface area contributed by atoms with Gasteiger partial charge < -0.3 is 10.2 Å². The highest BCUT2D eigenvalue weighted by atomic mass is 32.1. The molecule has 1 rings (SSSR count). The third-order valence-electron chi connectivity index (χ3n) is 1.18. The maximum absolute atomic E-state index is 8.72. The molecule has 0 radical (unpaired) electrons. The maximum Gasteiger partial charge on any atom is 0.0902 e. The minimum atomic E-state index is -0.0831. The summed E-state index contributed by atoms with van der Waals surface area (Å²) < 4.78 is 0. The van der Waals surface area contributed by atoms with Crippen molar-refractivity contribution in [3.05, 3.63) is 15.6 Å². The highest BCUT2D eigenvalue weighted by Gasteiger charge is 2.05. The Hall–Kier alpha value is -0.450. The Balaban J connectivity index is 2.96. The smallest absolute Gasteiger partial charge is 0.0902 e. The first-order valence-corrected chi connectivity index (χ1v) is 3.76. The van der Waals surface area contributed by atoms with E-state index in [2.05, 4.69) is 4.98 Å². The maximum atomic E-state index is 8.72. The molecule has 0 saturated carbocycles. The van der Waals surface area contributed by atoms with Crippen LogP contribution in [0.5, 0.6) is 0 Å². The van der Waals surface area contributed by atoms with E-state index >= 15 is 0 Å². The number of aliphatic hydroxyl groups excluding tert-OH is 2. The molecule has 2 N–H and O–H groups in total. The highest BCUT2D eigenvalue weighted by Crippen LogP contribution is 2.17. The zero-order valence-electron chi connectivity index (χ0n) is 5.66. The van der Waals surface area contributed by atoms with Gasteiger partial charge in [0.2, 0.25) is 0 Å². The molecule has 0 fully saturated rings. The van der Waals surface area contributed by atoms with E-state index in [1.54, 1.807) is 0 Å². The Labute approximate surface area is 63.0 Å². The van der Waals surface area contributed by atoms with Crippen molar-refractivity contribution in [2.45, 2.75) is 20.1 Å². The standard InChI is InChI=1S/C6H9NO2S/c1-4-7-5(2-8)6(3-9)10-4/h8-9H,2-3H2,1H3. The lowest BCUT2D eigenvalue weighted by atomic mass is 10.4. The van der Waals surface area contributed by atoms with Crippen LogP contribution in [-0.2, 0) is 13.2 Å². The van der Waals surface area contributed by atoms with Gasteiger partial charge in [-0.25, -0.2) is 4.98 Å². The molecule has 0 amide bonds. The van der Waals surface area contributed by atoms with Crippen LogP contribution >= 0.6 is 11.3 Å². The third-order valence-corrected chi connectivity index (χ3v) is 2.18. The molecule has 0 atom stereocenters. The normalized spacial score (nSPS) is 10.3. The molecule has 0 aliphatic heterocycles. The summed E-state index contributed by atoms with van der Waals surface area (Å²) in [5, 5.41) is 18.3. The number of aliphatic hydroxyl groups is 2. The van der Waals surface area contributed by atoms with Gasteiger partial charge in [0.15, 0.2) is 0 Å². The Kier molecular flexibility index (Phi) is 2.37. The van der Waals surface area contributed by atoms with E-state index in [-0.39, 0.29) is 13.2 Å². The van der Waals surface area contributed by atoms with E-state index in [1.807, 2.05) is 6.92 Å². The molecule has 0 aliphatic rings. The van der Waals surface area contributed by atoms with E-state index in [0.717, 1.165) is 9.88 Å². The van der Waals surface area contributed by atoms with E-state index < -0.39 is 0 Å². The van der Waals surface area contributed by atoms with Crippen molar-refractivity contribution >= 4 is 11.3 Å². The average molecular weight is 159 g/mol. The van der Waals surface area contributed by atoms with E-state index in [1.165, 1.54) is 11.3 Å². The lowest BCUT2D eigenvalue weighted by Gasteiger charge is -1.90. The first kappa shape index (κ1) is 7.65. The van der Waals surface area contributed by atoms with Crippen LogP contribution in [-0.4, -0.2) is 15.2 Å². The van der Waals surface area contributed by atoms with Crippen molar-refractivity contribution in [2.24, 2.45) is 0 Å². The summed E-state index contributed by atoms with van der Waals surface area (Å²) in [6.45, 7) is 1.74. The third kappa shape index (κ3) is 1.34. The second-order valence-electron chi connectivity index (χ2n) is 1.92. The van der Waals surface area contributed by atoms with Crippen LogP contribution in [0.1, 0.15) is 15.6 Å². The molecule has 0 aliphatic carbocycles. The first-order valence-electron chi connectivity index (χ1n) is 2.95. The largest absolute Gasteiger partial charge is 0.391 e. The van der Waals surface area contributed by atoms with Gasteiger partial charge in [-0.05, 0) is 6.92 Å². The van der Waals surface area contributed by atoms with Gasteiger partial charge >= 0.3 is 0 Å². The lowest BCUT2D eigenvalue weighted by molar-refractivity contribution is 0.259. The molecule has 56 valence electrons. The second kappa shape index (κ2) is 3.09. The average Bonchev–Trinajstić information content (AvgIpc) is 2.30. The molecule has 1 aromatic heterocycles. The molecule has 1 aromatic rings. The van der Waals surface area contributed by atoms with Gasteiger partial charge in [0.1, 0.15) is 0 Å². The fraction of sp³-hybridized carbons (Fsp3) is 0.500. The van der Waals surface area contributed by atoms with Gasteiger partial charge in [-0.3, -0.25) is 0 Å². The predicted octanol–water partition coefficient (Wildman–Crippen LogP) is 0.436. The van der Waals surface area contributed by atoms with Gasteiger partial charge in [0.25, 0.3) is 0 Å². The molecule has 0 bridgehead atoms. The van der Waals surface area contributed by atoms with Gasteiger partial charge in [-0.15, -0.1) is 11.3 Å². The van der Waals surface area contributed by atoms with Gasteiger partial charge in [-0.2, -0.15) is 0 Å². The van der Waals surface area contributed by atoms with Gasteiger partial charge in [0, 0.05) is 0 Å². The monoisotopic (exact) mass is 159 g/mol. The van der Waals surface area contributed by atoms with Crippen molar-refractivity contribution < 1.29 is 10.2 Å². The van der Waals surface area contributed by atoms with E-state index in [0.29, 0.717) is 5.69 Å². The Morgan fingerprint density at radius 2 is 2.10 bits per heavy atom. The summed E-state index contributed by atoms with van der Waals surface area (Å²) in [5.74, 6) is 0. The molecule has 0 saturated heterocycles. The summed E-state index contributed by atoms with van der Waals surface area (Å²) in [5.41, 5.74) is 0.602. The van der Waals surface area contributed by atoms with Crippen LogP contribution in [0.2, 0.25) is 0 Å². The summed E-state index contributed by atoms with van der Waals surface area (Å²) in [6.07, 6.45) is 0. The topological polar surface area (TPSA) is 53.4 Å². The number of nitrogens with zero attached hydrogens (tertiary/aromatic N) is 1. The number of hydrogen-bond acceptors (Lipinski definition) is 4. The van der Waals surface area contributed by atoms with Crippen LogP contribution < -0.4 is 0 Å². The predicted molar refractivity (Wildman–Crippen MR) is 38.7 cm³/mol. The molecule has 0 aromatic carbocycles. The van der Waals surface area contributed by atoms with Crippen LogP contribution in [0, 0.1) is 6.92 Å². The first-order chi connectivity index (χ1) is 4.77. The van der Waals surface area contributed by atoms with Crippen molar-refractivity contribution in [3.63, 3.8) is 0 Å². The summed E-state index contributed by atoms with van der Waals surface area (Å²) >= 11 is 1.42. The van der Waals surface area contributed by atoms with Gasteiger partial charge in [-0.1, -0.05) is 0 Å². The molecule has 0 spiro atoms. The fourth-order valence-corrected chi connectivity index (χ4v) is 1.56. The Bertz CT molecular complexity index is 200. The van der Waals surface area contributed by atoms with Crippen LogP contribution in [0.4, 0.5) is 0 Å². The quantitative estimate of drug-likeness (QED) is 0.658. The Morgan fingerprint density at radius 3 is 2.50 bits per heavy atom. The van der Waals surface area contributed by atoms with Crippen molar-refractivity contribution in [1.82, 2.24) is 4.98 Å². The van der Waals surface area contributed by atoms with Crippen LogP contribution in [0.3, 0.4) is 0 Å². The van der Waals surface area contributed by atoms with E-state index in [4.69, 9.17) is 10.2 Å². The molecule has 10 heavy (non-hydrogen) atoms. The molecular weight excluding hydrogens is 150 g/mol. The SMILES string of the molecule is Cc1nc(CO)c(CO)s1. The summed E-state index contributed by atoms with van der Waals surface area (Å²) in [7, 11) is 0. The summed E-state index contributed by atoms with van der Waals surface area (Å²) in [6, 6.07) is 0. The van der Waals surface area contributed by atoms with Crippen molar-refractivity contribution in [2.75, 3.05) is 0 Å². The fourth-order valence-electron chi connectivity index (χ4n) is 0.759.